The lowest BCUT2D eigenvalue weighted by atomic mass is 10.1. The van der Waals surface area contributed by atoms with Gasteiger partial charge in [0.05, 0.1) is 17.6 Å². The summed E-state index contributed by atoms with van der Waals surface area (Å²) in [5.41, 5.74) is 5.86. The summed E-state index contributed by atoms with van der Waals surface area (Å²) >= 11 is 5.99. The molecular weight excluding hydrogens is 292 g/mol. The van der Waals surface area contributed by atoms with Crippen LogP contribution in [0.25, 0.3) is 0 Å². The Morgan fingerprint density at radius 3 is 2.76 bits per heavy atom. The highest BCUT2D eigenvalue weighted by Crippen LogP contribution is 2.22. The lowest BCUT2D eigenvalue weighted by Gasteiger charge is -2.21. The van der Waals surface area contributed by atoms with Gasteiger partial charge in [-0.05, 0) is 25.0 Å². The Hall–Kier alpha value is -1.30. The summed E-state index contributed by atoms with van der Waals surface area (Å²) in [7, 11) is 3.35. The van der Waals surface area contributed by atoms with Gasteiger partial charge in [-0.3, -0.25) is 4.79 Å². The van der Waals surface area contributed by atoms with E-state index in [1.807, 2.05) is 12.1 Å². The van der Waals surface area contributed by atoms with Gasteiger partial charge in [0.15, 0.2) is 0 Å². The lowest BCUT2D eigenvalue weighted by molar-refractivity contribution is -0.131. The monoisotopic (exact) mass is 314 g/mol. The minimum atomic E-state index is -0.495. The highest BCUT2D eigenvalue weighted by molar-refractivity contribution is 6.32. The zero-order chi connectivity index (χ0) is 15.7. The van der Waals surface area contributed by atoms with Gasteiger partial charge in [0.2, 0.25) is 5.91 Å². The van der Waals surface area contributed by atoms with Crippen molar-refractivity contribution in [3.63, 3.8) is 0 Å². The lowest BCUT2D eigenvalue weighted by Crippen LogP contribution is -2.43. The van der Waals surface area contributed by atoms with E-state index in [0.717, 1.165) is 6.42 Å². The van der Waals surface area contributed by atoms with E-state index < -0.39 is 6.04 Å². The van der Waals surface area contributed by atoms with E-state index in [2.05, 4.69) is 0 Å². The van der Waals surface area contributed by atoms with Crippen LogP contribution in [0.2, 0.25) is 5.02 Å². The van der Waals surface area contributed by atoms with Crippen molar-refractivity contribution in [2.24, 2.45) is 5.73 Å². The molecule has 1 rings (SSSR count). The molecule has 0 saturated carbocycles. The van der Waals surface area contributed by atoms with Crippen LogP contribution >= 0.6 is 11.6 Å². The predicted molar refractivity (Wildman–Crippen MR) is 83.7 cm³/mol. The average molecular weight is 315 g/mol. The summed E-state index contributed by atoms with van der Waals surface area (Å²) in [6, 6.07) is 6.74. The molecule has 1 aromatic carbocycles. The Labute approximate surface area is 131 Å². The molecule has 0 bridgehead atoms. The van der Waals surface area contributed by atoms with Crippen molar-refractivity contribution in [2.75, 3.05) is 33.9 Å². The fourth-order valence-electron chi connectivity index (χ4n) is 1.82. The number of hydrogen-bond acceptors (Lipinski definition) is 4. The van der Waals surface area contributed by atoms with E-state index in [9.17, 15) is 4.79 Å². The zero-order valence-electron chi connectivity index (χ0n) is 12.5. The maximum atomic E-state index is 12.0. The fraction of sp³-hybridized carbons (Fsp3) is 0.533. The first kappa shape index (κ1) is 17.8. The van der Waals surface area contributed by atoms with Crippen molar-refractivity contribution in [1.29, 1.82) is 0 Å². The number of amides is 1. The molecule has 0 fully saturated rings. The first-order valence-corrected chi connectivity index (χ1v) is 7.31. The van der Waals surface area contributed by atoms with Crippen LogP contribution in [0.1, 0.15) is 12.8 Å². The van der Waals surface area contributed by atoms with E-state index >= 15 is 0 Å². The average Bonchev–Trinajstić information content (AvgIpc) is 2.48. The number of nitrogens with zero attached hydrogens (tertiary/aromatic N) is 1. The van der Waals surface area contributed by atoms with E-state index in [4.69, 9.17) is 26.8 Å². The quantitative estimate of drug-likeness (QED) is 0.707. The van der Waals surface area contributed by atoms with Crippen LogP contribution in [0.5, 0.6) is 5.75 Å². The summed E-state index contributed by atoms with van der Waals surface area (Å²) in [6.45, 7) is 1.44. The van der Waals surface area contributed by atoms with Crippen molar-refractivity contribution < 1.29 is 14.3 Å². The maximum absolute atomic E-state index is 12.0. The van der Waals surface area contributed by atoms with Crippen molar-refractivity contribution in [2.45, 2.75) is 18.9 Å². The van der Waals surface area contributed by atoms with Crippen LogP contribution in [-0.4, -0.2) is 50.8 Å². The number of rotatable bonds is 9. The summed E-state index contributed by atoms with van der Waals surface area (Å²) in [5.74, 6) is 0.526. The van der Waals surface area contributed by atoms with Gasteiger partial charge in [-0.2, -0.15) is 0 Å². The second kappa shape index (κ2) is 9.60. The van der Waals surface area contributed by atoms with Gasteiger partial charge in [0, 0.05) is 20.8 Å². The van der Waals surface area contributed by atoms with Crippen LogP contribution < -0.4 is 10.5 Å². The number of carbonyl (C=O) groups is 1. The molecule has 118 valence electrons. The van der Waals surface area contributed by atoms with Gasteiger partial charge in [0.25, 0.3) is 0 Å². The molecule has 0 aliphatic rings. The standard InChI is InChI=1S/C15H23ClN2O3/c1-18(15(19)13(17)7-5-10-20-2)9-11-21-14-8-4-3-6-12(14)16/h3-4,6,8,13H,5,7,9-11,17H2,1-2H3. The molecule has 1 amide bonds. The Morgan fingerprint density at radius 2 is 2.10 bits per heavy atom. The maximum Gasteiger partial charge on any atom is 0.239 e. The van der Waals surface area contributed by atoms with Crippen LogP contribution in [0, 0.1) is 0 Å². The number of ether oxygens (including phenoxy) is 2. The summed E-state index contributed by atoms with van der Waals surface area (Å²) < 4.78 is 10.5. The fourth-order valence-corrected chi connectivity index (χ4v) is 2.01. The number of halogens is 1. The Bertz CT molecular complexity index is 443. The van der Waals surface area contributed by atoms with Gasteiger partial charge in [0.1, 0.15) is 12.4 Å². The topological polar surface area (TPSA) is 64.8 Å². The summed E-state index contributed by atoms with van der Waals surface area (Å²) in [4.78, 5) is 13.6. The molecular formula is C15H23ClN2O3. The SMILES string of the molecule is COCCCC(N)C(=O)N(C)CCOc1ccccc1Cl. The normalized spacial score (nSPS) is 12.0. The van der Waals surface area contributed by atoms with E-state index in [-0.39, 0.29) is 5.91 Å². The van der Waals surface area contributed by atoms with Crippen LogP contribution in [0.4, 0.5) is 0 Å². The van der Waals surface area contributed by atoms with Gasteiger partial charge >= 0.3 is 0 Å². The van der Waals surface area contributed by atoms with Gasteiger partial charge in [-0.15, -0.1) is 0 Å². The van der Waals surface area contributed by atoms with E-state index in [1.54, 1.807) is 31.2 Å². The number of methoxy groups -OCH3 is 1. The van der Waals surface area contributed by atoms with Gasteiger partial charge in [-0.25, -0.2) is 0 Å². The van der Waals surface area contributed by atoms with Crippen LogP contribution in [0.15, 0.2) is 24.3 Å². The largest absolute Gasteiger partial charge is 0.490 e. The van der Waals surface area contributed by atoms with Crippen molar-refractivity contribution in [3.05, 3.63) is 29.3 Å². The first-order valence-electron chi connectivity index (χ1n) is 6.93. The molecule has 2 N–H and O–H groups in total. The molecule has 0 spiro atoms. The zero-order valence-corrected chi connectivity index (χ0v) is 13.3. The second-order valence-electron chi connectivity index (χ2n) is 4.78. The predicted octanol–water partition coefficient (Wildman–Crippen LogP) is 1.93. The smallest absolute Gasteiger partial charge is 0.239 e. The molecule has 0 aromatic heterocycles. The number of para-hydroxylation sites is 1. The highest BCUT2D eigenvalue weighted by atomic mass is 35.5. The third-order valence-corrected chi connectivity index (χ3v) is 3.39. The number of benzene rings is 1. The van der Waals surface area contributed by atoms with E-state index in [0.29, 0.717) is 37.0 Å². The first-order chi connectivity index (χ1) is 10.1. The molecule has 5 nitrogen and oxygen atoms in total. The number of hydrogen-bond donors (Lipinski definition) is 1. The second-order valence-corrected chi connectivity index (χ2v) is 5.19. The summed E-state index contributed by atoms with van der Waals surface area (Å²) in [6.07, 6.45) is 1.38. The third kappa shape index (κ3) is 6.33. The molecule has 1 atom stereocenters. The summed E-state index contributed by atoms with van der Waals surface area (Å²) in [5, 5.41) is 0.558. The number of nitrogens with two attached hydrogens (primary N) is 1. The van der Waals surface area contributed by atoms with Crippen molar-refractivity contribution >= 4 is 17.5 Å². The van der Waals surface area contributed by atoms with Gasteiger partial charge in [-0.1, -0.05) is 23.7 Å². The molecule has 0 radical (unpaired) electrons. The molecule has 6 heteroatoms. The van der Waals surface area contributed by atoms with Crippen LogP contribution in [-0.2, 0) is 9.53 Å². The minimum absolute atomic E-state index is 0.0890. The third-order valence-electron chi connectivity index (χ3n) is 3.08. The molecule has 21 heavy (non-hydrogen) atoms. The minimum Gasteiger partial charge on any atom is -0.490 e. The Kier molecular flexibility index (Phi) is 8.12. The molecule has 1 unspecified atom stereocenters. The number of likely N-dealkylation sites (N-methyl/N-ethyl adjacent to an activating group) is 1. The Balaban J connectivity index is 2.31. The molecule has 0 aliphatic carbocycles. The molecule has 0 aliphatic heterocycles. The van der Waals surface area contributed by atoms with Crippen molar-refractivity contribution in [3.8, 4) is 5.75 Å². The van der Waals surface area contributed by atoms with Crippen LogP contribution in [0.3, 0.4) is 0 Å². The molecule has 1 aromatic rings. The van der Waals surface area contributed by atoms with Crippen molar-refractivity contribution in [1.82, 2.24) is 4.90 Å². The highest BCUT2D eigenvalue weighted by Gasteiger charge is 2.17. The Morgan fingerprint density at radius 1 is 1.38 bits per heavy atom. The van der Waals surface area contributed by atoms with E-state index in [1.165, 1.54) is 0 Å². The number of carbonyl (C=O) groups excluding carboxylic acids is 1. The molecule has 0 heterocycles. The molecule has 0 saturated heterocycles. The van der Waals surface area contributed by atoms with Gasteiger partial charge < -0.3 is 20.1 Å².